The molecule has 0 aliphatic carbocycles. The van der Waals surface area contributed by atoms with E-state index in [1.165, 1.54) is 6.20 Å². The predicted octanol–water partition coefficient (Wildman–Crippen LogP) is 3.14. The van der Waals surface area contributed by atoms with Crippen LogP contribution in [0.25, 0.3) is 0 Å². The SMILES string of the molecule is CC1(C)CC(Nc2cn[nH]c(=O)c2Cl)c2ccccc2O1. The van der Waals surface area contributed by atoms with Crippen LogP contribution in [0.3, 0.4) is 0 Å². The number of ether oxygens (including phenoxy) is 1. The fraction of sp³-hybridized carbons (Fsp3) is 0.333. The Labute approximate surface area is 127 Å². The lowest BCUT2D eigenvalue weighted by Gasteiger charge is -2.38. The van der Waals surface area contributed by atoms with Crippen molar-refractivity contribution in [3.05, 3.63) is 51.4 Å². The van der Waals surface area contributed by atoms with Gasteiger partial charge in [-0.05, 0) is 19.9 Å². The van der Waals surface area contributed by atoms with E-state index in [0.29, 0.717) is 5.69 Å². The highest BCUT2D eigenvalue weighted by molar-refractivity contribution is 6.32. The van der Waals surface area contributed by atoms with Crippen molar-refractivity contribution in [2.24, 2.45) is 0 Å². The number of hydrogen-bond acceptors (Lipinski definition) is 4. The summed E-state index contributed by atoms with van der Waals surface area (Å²) in [5.74, 6) is 0.847. The second kappa shape index (κ2) is 5.07. The molecule has 0 saturated carbocycles. The van der Waals surface area contributed by atoms with Gasteiger partial charge in [-0.3, -0.25) is 4.79 Å². The van der Waals surface area contributed by atoms with Crippen molar-refractivity contribution < 1.29 is 4.74 Å². The molecule has 3 rings (SSSR count). The number of nitrogens with zero attached hydrogens (tertiary/aromatic N) is 1. The molecule has 1 unspecified atom stereocenters. The van der Waals surface area contributed by atoms with Crippen molar-refractivity contribution in [3.63, 3.8) is 0 Å². The molecule has 2 aromatic rings. The fourth-order valence-corrected chi connectivity index (χ4v) is 2.75. The normalized spacial score (nSPS) is 19.5. The third kappa shape index (κ3) is 2.74. The van der Waals surface area contributed by atoms with Crippen LogP contribution in [0.15, 0.2) is 35.3 Å². The smallest absolute Gasteiger partial charge is 0.285 e. The van der Waals surface area contributed by atoms with Crippen LogP contribution in [0, 0.1) is 0 Å². The monoisotopic (exact) mass is 305 g/mol. The lowest BCUT2D eigenvalue weighted by Crippen LogP contribution is -2.37. The first-order valence-electron chi connectivity index (χ1n) is 6.74. The molecule has 0 bridgehead atoms. The zero-order chi connectivity index (χ0) is 15.0. The molecular weight excluding hydrogens is 290 g/mol. The number of benzene rings is 1. The molecule has 1 atom stereocenters. The van der Waals surface area contributed by atoms with Gasteiger partial charge in [0.2, 0.25) is 0 Å². The number of aromatic nitrogens is 2. The molecule has 1 aliphatic heterocycles. The minimum absolute atomic E-state index is 0.00560. The molecule has 110 valence electrons. The molecule has 1 aromatic heterocycles. The van der Waals surface area contributed by atoms with E-state index in [2.05, 4.69) is 15.5 Å². The fourth-order valence-electron chi connectivity index (χ4n) is 2.60. The van der Waals surface area contributed by atoms with E-state index in [1.54, 1.807) is 0 Å². The zero-order valence-electron chi connectivity index (χ0n) is 11.8. The van der Waals surface area contributed by atoms with Crippen molar-refractivity contribution in [2.45, 2.75) is 31.9 Å². The first kappa shape index (κ1) is 13.9. The van der Waals surface area contributed by atoms with Crippen LogP contribution in [0.5, 0.6) is 5.75 Å². The van der Waals surface area contributed by atoms with E-state index >= 15 is 0 Å². The number of rotatable bonds is 2. The Balaban J connectivity index is 1.98. The Morgan fingerprint density at radius 3 is 3.00 bits per heavy atom. The van der Waals surface area contributed by atoms with E-state index in [9.17, 15) is 4.79 Å². The van der Waals surface area contributed by atoms with Gasteiger partial charge in [0.1, 0.15) is 16.4 Å². The summed E-state index contributed by atoms with van der Waals surface area (Å²) >= 11 is 6.03. The Morgan fingerprint density at radius 1 is 1.43 bits per heavy atom. The van der Waals surface area contributed by atoms with E-state index in [-0.39, 0.29) is 16.7 Å². The Kier molecular flexibility index (Phi) is 3.37. The van der Waals surface area contributed by atoms with Crippen LogP contribution >= 0.6 is 11.6 Å². The second-order valence-electron chi connectivity index (χ2n) is 5.73. The largest absolute Gasteiger partial charge is 0.487 e. The first-order chi connectivity index (χ1) is 9.96. The minimum Gasteiger partial charge on any atom is -0.487 e. The summed E-state index contributed by atoms with van der Waals surface area (Å²) in [5.41, 5.74) is 0.875. The molecule has 0 amide bonds. The van der Waals surface area contributed by atoms with Crippen molar-refractivity contribution >= 4 is 17.3 Å². The quantitative estimate of drug-likeness (QED) is 0.894. The average Bonchev–Trinajstić information content (AvgIpc) is 2.42. The Hall–Kier alpha value is -2.01. The molecular formula is C15H16ClN3O2. The molecule has 1 aliphatic rings. The van der Waals surface area contributed by atoms with Gasteiger partial charge in [-0.2, -0.15) is 5.10 Å². The molecule has 2 heterocycles. The molecule has 2 N–H and O–H groups in total. The molecule has 6 heteroatoms. The third-order valence-electron chi connectivity index (χ3n) is 3.50. The van der Waals surface area contributed by atoms with Crippen molar-refractivity contribution in [3.8, 4) is 5.75 Å². The predicted molar refractivity (Wildman–Crippen MR) is 82.0 cm³/mol. The van der Waals surface area contributed by atoms with Gasteiger partial charge in [0.05, 0.1) is 17.9 Å². The maximum atomic E-state index is 11.5. The number of halogens is 1. The topological polar surface area (TPSA) is 67.0 Å². The van der Waals surface area contributed by atoms with Crippen LogP contribution < -0.4 is 15.6 Å². The van der Waals surface area contributed by atoms with Crippen LogP contribution in [-0.2, 0) is 0 Å². The number of H-pyrrole nitrogens is 1. The van der Waals surface area contributed by atoms with Gasteiger partial charge in [0, 0.05) is 12.0 Å². The van der Waals surface area contributed by atoms with Crippen LogP contribution in [0.1, 0.15) is 31.9 Å². The highest BCUT2D eigenvalue weighted by Gasteiger charge is 2.33. The number of para-hydroxylation sites is 1. The molecule has 0 spiro atoms. The van der Waals surface area contributed by atoms with Crippen molar-refractivity contribution in [1.29, 1.82) is 0 Å². The molecule has 21 heavy (non-hydrogen) atoms. The van der Waals surface area contributed by atoms with Crippen LogP contribution in [-0.4, -0.2) is 15.8 Å². The number of anilines is 1. The van der Waals surface area contributed by atoms with E-state index in [4.69, 9.17) is 16.3 Å². The third-order valence-corrected chi connectivity index (χ3v) is 3.88. The van der Waals surface area contributed by atoms with Gasteiger partial charge in [-0.25, -0.2) is 5.10 Å². The van der Waals surface area contributed by atoms with Gasteiger partial charge in [0.25, 0.3) is 5.56 Å². The number of fused-ring (bicyclic) bond motifs is 1. The van der Waals surface area contributed by atoms with Gasteiger partial charge in [-0.15, -0.1) is 0 Å². The number of nitrogens with one attached hydrogen (secondary N) is 2. The van der Waals surface area contributed by atoms with Gasteiger partial charge < -0.3 is 10.1 Å². The summed E-state index contributed by atoms with van der Waals surface area (Å²) < 4.78 is 5.98. The van der Waals surface area contributed by atoms with Gasteiger partial charge >= 0.3 is 0 Å². The lowest BCUT2D eigenvalue weighted by molar-refractivity contribution is 0.0759. The summed E-state index contributed by atoms with van der Waals surface area (Å²) in [6, 6.07) is 7.87. The lowest BCUT2D eigenvalue weighted by atomic mass is 9.89. The van der Waals surface area contributed by atoms with Crippen LogP contribution in [0.2, 0.25) is 5.02 Å². The van der Waals surface area contributed by atoms with E-state index in [0.717, 1.165) is 17.7 Å². The second-order valence-corrected chi connectivity index (χ2v) is 6.11. The molecule has 5 nitrogen and oxygen atoms in total. The minimum atomic E-state index is -0.402. The number of hydrogen-bond donors (Lipinski definition) is 2. The summed E-state index contributed by atoms with van der Waals surface area (Å²) in [7, 11) is 0. The molecule has 0 fully saturated rings. The zero-order valence-corrected chi connectivity index (χ0v) is 12.6. The first-order valence-corrected chi connectivity index (χ1v) is 7.12. The van der Waals surface area contributed by atoms with E-state index in [1.807, 2.05) is 38.1 Å². The Bertz CT molecular complexity index is 727. The average molecular weight is 306 g/mol. The highest BCUT2D eigenvalue weighted by Crippen LogP contribution is 2.41. The van der Waals surface area contributed by atoms with Gasteiger partial charge in [0.15, 0.2) is 0 Å². The maximum Gasteiger partial charge on any atom is 0.285 e. The standard InChI is InChI=1S/C15H16ClN3O2/c1-15(2)7-10(9-5-3-4-6-12(9)21-15)18-11-8-17-19-14(20)13(11)16/h3-6,8,10H,7H2,1-2H3,(H2,18,19,20). The molecule has 1 aromatic carbocycles. The van der Waals surface area contributed by atoms with Crippen LogP contribution in [0.4, 0.5) is 5.69 Å². The summed E-state index contributed by atoms with van der Waals surface area (Å²) in [5, 5.41) is 9.52. The van der Waals surface area contributed by atoms with Crippen molar-refractivity contribution in [2.75, 3.05) is 5.32 Å². The molecule has 0 saturated heterocycles. The number of aromatic amines is 1. The van der Waals surface area contributed by atoms with Gasteiger partial charge in [-0.1, -0.05) is 29.8 Å². The summed E-state index contributed by atoms with van der Waals surface area (Å²) in [4.78, 5) is 11.5. The Morgan fingerprint density at radius 2 is 2.19 bits per heavy atom. The van der Waals surface area contributed by atoms with E-state index < -0.39 is 5.56 Å². The highest BCUT2D eigenvalue weighted by atomic mass is 35.5. The van der Waals surface area contributed by atoms with Crippen molar-refractivity contribution in [1.82, 2.24) is 10.2 Å². The maximum absolute atomic E-state index is 11.5. The summed E-state index contributed by atoms with van der Waals surface area (Å²) in [6.45, 7) is 4.07. The molecule has 0 radical (unpaired) electrons. The summed E-state index contributed by atoms with van der Waals surface area (Å²) in [6.07, 6.45) is 2.28.